The summed E-state index contributed by atoms with van der Waals surface area (Å²) in [4.78, 5) is 30.6. The molecule has 24 heavy (non-hydrogen) atoms. The molecule has 0 bridgehead atoms. The molecule has 0 aliphatic carbocycles. The van der Waals surface area contributed by atoms with Gasteiger partial charge < -0.3 is 20.3 Å². The SMILES string of the molecule is Nc1ccccc1C(=O)N1CCN(CC(=O)N2CCOCC2)CC1. The average Bonchev–Trinajstić information content (AvgIpc) is 2.63. The predicted octanol–water partition coefficient (Wildman–Crippen LogP) is -0.115. The Morgan fingerprint density at radius 1 is 0.958 bits per heavy atom. The second kappa shape index (κ2) is 7.63. The van der Waals surface area contributed by atoms with E-state index in [9.17, 15) is 9.59 Å². The minimum Gasteiger partial charge on any atom is -0.398 e. The number of piperazine rings is 1. The molecule has 130 valence electrons. The summed E-state index contributed by atoms with van der Waals surface area (Å²) in [5.74, 6) is 0.109. The molecule has 0 unspecified atom stereocenters. The van der Waals surface area contributed by atoms with Crippen LogP contribution in [-0.2, 0) is 9.53 Å². The van der Waals surface area contributed by atoms with Crippen LogP contribution in [0.5, 0.6) is 0 Å². The maximum absolute atomic E-state index is 12.5. The summed E-state index contributed by atoms with van der Waals surface area (Å²) in [5.41, 5.74) is 6.94. The lowest BCUT2D eigenvalue weighted by Gasteiger charge is -2.36. The molecule has 0 spiro atoms. The number of ether oxygens (including phenoxy) is 1. The standard InChI is InChI=1S/C17H24N4O3/c18-15-4-2-1-3-14(15)17(23)21-7-5-19(6-8-21)13-16(22)20-9-11-24-12-10-20/h1-4H,5-13,18H2. The van der Waals surface area contributed by atoms with Crippen LogP contribution in [0.15, 0.2) is 24.3 Å². The third kappa shape index (κ3) is 3.85. The number of morpholine rings is 1. The van der Waals surface area contributed by atoms with E-state index in [1.807, 2.05) is 17.0 Å². The molecule has 2 amide bonds. The summed E-state index contributed by atoms with van der Waals surface area (Å²) in [6.45, 7) is 5.62. The lowest BCUT2D eigenvalue weighted by molar-refractivity contribution is -0.136. The number of anilines is 1. The second-order valence-electron chi connectivity index (χ2n) is 6.15. The molecule has 1 aromatic carbocycles. The summed E-state index contributed by atoms with van der Waals surface area (Å²) in [5, 5.41) is 0. The highest BCUT2D eigenvalue weighted by molar-refractivity contribution is 5.99. The van der Waals surface area contributed by atoms with Gasteiger partial charge in [0.2, 0.25) is 5.91 Å². The normalized spacial score (nSPS) is 19.3. The van der Waals surface area contributed by atoms with Crippen LogP contribution in [0, 0.1) is 0 Å². The first kappa shape index (κ1) is 16.7. The number of carbonyl (C=O) groups excluding carboxylic acids is 2. The van der Waals surface area contributed by atoms with Gasteiger partial charge in [-0.1, -0.05) is 12.1 Å². The van der Waals surface area contributed by atoms with Crippen molar-refractivity contribution in [1.29, 1.82) is 0 Å². The van der Waals surface area contributed by atoms with Crippen molar-refractivity contribution in [2.45, 2.75) is 0 Å². The molecule has 2 N–H and O–H groups in total. The third-order valence-corrected chi connectivity index (χ3v) is 4.57. The van der Waals surface area contributed by atoms with Gasteiger partial charge in [-0.25, -0.2) is 0 Å². The summed E-state index contributed by atoms with van der Waals surface area (Å²) < 4.78 is 5.27. The van der Waals surface area contributed by atoms with Gasteiger partial charge in [-0.2, -0.15) is 0 Å². The van der Waals surface area contributed by atoms with Gasteiger partial charge in [0.15, 0.2) is 0 Å². The number of benzene rings is 1. The van der Waals surface area contributed by atoms with E-state index in [4.69, 9.17) is 10.5 Å². The zero-order chi connectivity index (χ0) is 16.9. The van der Waals surface area contributed by atoms with E-state index in [2.05, 4.69) is 4.90 Å². The fourth-order valence-corrected chi connectivity index (χ4v) is 3.08. The molecule has 2 fully saturated rings. The number of nitrogen functional groups attached to an aromatic ring is 1. The zero-order valence-corrected chi connectivity index (χ0v) is 13.8. The Labute approximate surface area is 141 Å². The summed E-state index contributed by atoms with van der Waals surface area (Å²) in [6, 6.07) is 7.14. The molecule has 2 heterocycles. The van der Waals surface area contributed by atoms with Crippen LogP contribution in [0.2, 0.25) is 0 Å². The molecule has 0 saturated carbocycles. The molecule has 0 radical (unpaired) electrons. The van der Waals surface area contributed by atoms with Crippen molar-refractivity contribution in [3.8, 4) is 0 Å². The second-order valence-corrected chi connectivity index (χ2v) is 6.15. The highest BCUT2D eigenvalue weighted by Gasteiger charge is 2.26. The quantitative estimate of drug-likeness (QED) is 0.781. The fraction of sp³-hybridized carbons (Fsp3) is 0.529. The molecule has 3 rings (SSSR count). The Morgan fingerprint density at radius 3 is 2.29 bits per heavy atom. The van der Waals surface area contributed by atoms with Gasteiger partial charge in [0.1, 0.15) is 0 Å². The largest absolute Gasteiger partial charge is 0.398 e. The molecule has 0 aromatic heterocycles. The lowest BCUT2D eigenvalue weighted by atomic mass is 10.1. The van der Waals surface area contributed by atoms with Gasteiger partial charge >= 0.3 is 0 Å². The molecule has 2 aliphatic rings. The molecule has 0 atom stereocenters. The topological polar surface area (TPSA) is 79.1 Å². The number of carbonyl (C=O) groups is 2. The maximum atomic E-state index is 12.5. The number of nitrogens with zero attached hydrogens (tertiary/aromatic N) is 3. The van der Waals surface area contributed by atoms with E-state index >= 15 is 0 Å². The molecule has 2 aliphatic heterocycles. The van der Waals surface area contributed by atoms with E-state index in [0.29, 0.717) is 70.3 Å². The first-order valence-electron chi connectivity index (χ1n) is 8.37. The highest BCUT2D eigenvalue weighted by Crippen LogP contribution is 2.15. The van der Waals surface area contributed by atoms with Gasteiger partial charge in [0.25, 0.3) is 5.91 Å². The van der Waals surface area contributed by atoms with E-state index in [1.165, 1.54) is 0 Å². The molecule has 7 nitrogen and oxygen atoms in total. The van der Waals surface area contributed by atoms with Gasteiger partial charge in [-0.3, -0.25) is 14.5 Å². The van der Waals surface area contributed by atoms with Gasteiger partial charge in [-0.15, -0.1) is 0 Å². The smallest absolute Gasteiger partial charge is 0.256 e. The molecular formula is C17H24N4O3. The summed E-state index contributed by atoms with van der Waals surface area (Å²) in [7, 11) is 0. The van der Waals surface area contributed by atoms with Crippen LogP contribution in [0.25, 0.3) is 0 Å². The number of rotatable bonds is 3. The predicted molar refractivity (Wildman–Crippen MR) is 90.6 cm³/mol. The van der Waals surface area contributed by atoms with Crippen molar-refractivity contribution < 1.29 is 14.3 Å². The van der Waals surface area contributed by atoms with Crippen LogP contribution in [0.3, 0.4) is 0 Å². The Kier molecular flexibility index (Phi) is 5.32. The number of nitrogens with two attached hydrogens (primary N) is 1. The number of amides is 2. The van der Waals surface area contributed by atoms with Crippen molar-refractivity contribution >= 4 is 17.5 Å². The lowest BCUT2D eigenvalue weighted by Crippen LogP contribution is -2.52. The Hall–Kier alpha value is -2.12. The van der Waals surface area contributed by atoms with Crippen molar-refractivity contribution in [1.82, 2.24) is 14.7 Å². The van der Waals surface area contributed by atoms with Crippen LogP contribution in [0.1, 0.15) is 10.4 Å². The van der Waals surface area contributed by atoms with Crippen molar-refractivity contribution in [2.24, 2.45) is 0 Å². The third-order valence-electron chi connectivity index (χ3n) is 4.57. The van der Waals surface area contributed by atoms with Crippen LogP contribution < -0.4 is 5.73 Å². The Morgan fingerprint density at radius 2 is 1.62 bits per heavy atom. The zero-order valence-electron chi connectivity index (χ0n) is 13.8. The van der Waals surface area contributed by atoms with Crippen molar-refractivity contribution in [3.05, 3.63) is 29.8 Å². The average molecular weight is 332 g/mol. The molecule has 7 heteroatoms. The van der Waals surface area contributed by atoms with Gasteiger partial charge in [0, 0.05) is 45.0 Å². The molecule has 2 saturated heterocycles. The first-order valence-corrected chi connectivity index (χ1v) is 8.37. The van der Waals surface area contributed by atoms with Crippen molar-refractivity contribution in [3.63, 3.8) is 0 Å². The van der Waals surface area contributed by atoms with Crippen LogP contribution >= 0.6 is 0 Å². The Bertz CT molecular complexity index is 593. The number of hydrogen-bond acceptors (Lipinski definition) is 5. The van der Waals surface area contributed by atoms with E-state index in [1.54, 1.807) is 17.0 Å². The van der Waals surface area contributed by atoms with E-state index < -0.39 is 0 Å². The molecular weight excluding hydrogens is 308 g/mol. The maximum Gasteiger partial charge on any atom is 0.256 e. The minimum absolute atomic E-state index is 0.0349. The van der Waals surface area contributed by atoms with Gasteiger partial charge in [0.05, 0.1) is 25.3 Å². The van der Waals surface area contributed by atoms with E-state index in [-0.39, 0.29) is 11.8 Å². The number of hydrogen-bond donors (Lipinski definition) is 1. The summed E-state index contributed by atoms with van der Waals surface area (Å²) in [6.07, 6.45) is 0. The number of para-hydroxylation sites is 1. The minimum atomic E-state index is -0.0349. The fourth-order valence-electron chi connectivity index (χ4n) is 3.08. The monoisotopic (exact) mass is 332 g/mol. The van der Waals surface area contributed by atoms with Crippen LogP contribution in [-0.4, -0.2) is 85.5 Å². The van der Waals surface area contributed by atoms with Gasteiger partial charge in [-0.05, 0) is 12.1 Å². The van der Waals surface area contributed by atoms with Crippen LogP contribution in [0.4, 0.5) is 5.69 Å². The molecule has 1 aromatic rings. The van der Waals surface area contributed by atoms with E-state index in [0.717, 1.165) is 0 Å². The first-order chi connectivity index (χ1) is 11.6. The highest BCUT2D eigenvalue weighted by atomic mass is 16.5. The summed E-state index contributed by atoms with van der Waals surface area (Å²) >= 11 is 0. The Balaban J connectivity index is 1.49. The van der Waals surface area contributed by atoms with Crippen molar-refractivity contribution in [2.75, 3.05) is 64.8 Å².